The molecular formula is C12H18N2O2S. The Labute approximate surface area is 105 Å². The molecule has 1 aromatic heterocycles. The van der Waals surface area contributed by atoms with Gasteiger partial charge in [0.15, 0.2) is 0 Å². The van der Waals surface area contributed by atoms with Gasteiger partial charge in [-0.2, -0.15) is 0 Å². The molecule has 1 N–H and O–H groups in total. The van der Waals surface area contributed by atoms with Crippen LogP contribution in [0.25, 0.3) is 0 Å². The van der Waals surface area contributed by atoms with Crippen molar-refractivity contribution in [2.24, 2.45) is 11.8 Å². The van der Waals surface area contributed by atoms with Gasteiger partial charge in [-0.15, -0.1) is 11.3 Å². The van der Waals surface area contributed by atoms with Crippen LogP contribution in [0, 0.1) is 25.7 Å². The van der Waals surface area contributed by atoms with Crippen molar-refractivity contribution in [3.63, 3.8) is 0 Å². The highest BCUT2D eigenvalue weighted by atomic mass is 32.1. The lowest BCUT2D eigenvalue weighted by atomic mass is 9.99. The van der Waals surface area contributed by atoms with Gasteiger partial charge in [0.05, 0.1) is 16.6 Å². The largest absolute Gasteiger partial charge is 0.481 e. The van der Waals surface area contributed by atoms with Crippen LogP contribution in [0.1, 0.15) is 22.5 Å². The van der Waals surface area contributed by atoms with Crippen molar-refractivity contribution < 1.29 is 9.90 Å². The van der Waals surface area contributed by atoms with Gasteiger partial charge < -0.3 is 5.11 Å². The van der Waals surface area contributed by atoms with Crippen molar-refractivity contribution in [1.29, 1.82) is 0 Å². The van der Waals surface area contributed by atoms with E-state index in [1.54, 1.807) is 11.3 Å². The molecule has 1 aromatic rings. The number of aryl methyl sites for hydroxylation is 2. The van der Waals surface area contributed by atoms with Gasteiger partial charge in [-0.1, -0.05) is 6.92 Å². The number of carbonyl (C=O) groups is 1. The number of hydrogen-bond donors (Lipinski definition) is 1. The maximum atomic E-state index is 11.0. The second-order valence-electron chi connectivity index (χ2n) is 4.86. The minimum Gasteiger partial charge on any atom is -0.481 e. The van der Waals surface area contributed by atoms with Crippen molar-refractivity contribution >= 4 is 17.3 Å². The van der Waals surface area contributed by atoms with Gasteiger partial charge in [-0.05, 0) is 19.8 Å². The Morgan fingerprint density at radius 2 is 2.24 bits per heavy atom. The van der Waals surface area contributed by atoms with Crippen LogP contribution in [0.2, 0.25) is 0 Å². The summed E-state index contributed by atoms with van der Waals surface area (Å²) in [7, 11) is 0. The number of hydrogen-bond acceptors (Lipinski definition) is 4. The van der Waals surface area contributed by atoms with Crippen LogP contribution >= 0.6 is 11.3 Å². The summed E-state index contributed by atoms with van der Waals surface area (Å²) in [6, 6.07) is 0. The van der Waals surface area contributed by atoms with E-state index in [9.17, 15) is 4.79 Å². The summed E-state index contributed by atoms with van der Waals surface area (Å²) >= 11 is 1.71. The highest BCUT2D eigenvalue weighted by Gasteiger charge is 2.34. The molecule has 0 aliphatic carbocycles. The third kappa shape index (κ3) is 2.66. The van der Waals surface area contributed by atoms with E-state index in [1.807, 2.05) is 20.8 Å². The predicted octanol–water partition coefficient (Wildman–Crippen LogP) is 1.91. The van der Waals surface area contributed by atoms with Gasteiger partial charge >= 0.3 is 5.97 Å². The molecule has 1 aliphatic rings. The van der Waals surface area contributed by atoms with E-state index in [1.165, 1.54) is 4.88 Å². The second-order valence-corrected chi connectivity index (χ2v) is 6.15. The van der Waals surface area contributed by atoms with Gasteiger partial charge in [-0.3, -0.25) is 9.69 Å². The molecule has 0 unspecified atom stereocenters. The van der Waals surface area contributed by atoms with Crippen LogP contribution < -0.4 is 0 Å². The van der Waals surface area contributed by atoms with E-state index >= 15 is 0 Å². The summed E-state index contributed by atoms with van der Waals surface area (Å²) in [4.78, 5) is 18.9. The van der Waals surface area contributed by atoms with Crippen molar-refractivity contribution in [3.05, 3.63) is 15.6 Å². The quantitative estimate of drug-likeness (QED) is 0.895. The van der Waals surface area contributed by atoms with E-state index in [2.05, 4.69) is 9.88 Å². The molecule has 0 amide bonds. The average molecular weight is 254 g/mol. The third-order valence-electron chi connectivity index (χ3n) is 3.37. The average Bonchev–Trinajstić information content (AvgIpc) is 2.71. The Hall–Kier alpha value is -0.940. The molecule has 0 radical (unpaired) electrons. The van der Waals surface area contributed by atoms with Gasteiger partial charge in [0.2, 0.25) is 0 Å². The van der Waals surface area contributed by atoms with Gasteiger partial charge in [0, 0.05) is 24.5 Å². The predicted molar refractivity (Wildman–Crippen MR) is 67.2 cm³/mol. The zero-order valence-corrected chi connectivity index (χ0v) is 11.3. The molecule has 17 heavy (non-hydrogen) atoms. The maximum absolute atomic E-state index is 11.0. The topological polar surface area (TPSA) is 53.4 Å². The van der Waals surface area contributed by atoms with E-state index in [0.29, 0.717) is 6.54 Å². The Kier molecular flexibility index (Phi) is 3.49. The number of thiazole rings is 1. The van der Waals surface area contributed by atoms with E-state index in [-0.39, 0.29) is 11.8 Å². The minimum atomic E-state index is -0.669. The number of aliphatic carboxylic acids is 1. The molecule has 94 valence electrons. The standard InChI is InChI=1S/C12H18N2O2S/c1-7-4-14(5-10(7)12(15)16)6-11-8(2)13-9(3)17-11/h7,10H,4-6H2,1-3H3,(H,15,16)/t7-,10-/m1/s1. The van der Waals surface area contributed by atoms with Crippen LogP contribution in [-0.2, 0) is 11.3 Å². The van der Waals surface area contributed by atoms with Crippen molar-refractivity contribution in [2.45, 2.75) is 27.3 Å². The number of nitrogens with zero attached hydrogens (tertiary/aromatic N) is 2. The fourth-order valence-electron chi connectivity index (χ4n) is 2.44. The summed E-state index contributed by atoms with van der Waals surface area (Å²) in [6.45, 7) is 8.41. The molecule has 2 heterocycles. The first kappa shape index (κ1) is 12.5. The Bertz CT molecular complexity index is 430. The molecule has 1 aliphatic heterocycles. The Balaban J connectivity index is 2.02. The summed E-state index contributed by atoms with van der Waals surface area (Å²) in [5.41, 5.74) is 1.08. The lowest BCUT2D eigenvalue weighted by Gasteiger charge is -2.13. The van der Waals surface area contributed by atoms with E-state index < -0.39 is 5.97 Å². The number of carboxylic acids is 1. The monoisotopic (exact) mass is 254 g/mol. The molecule has 4 nitrogen and oxygen atoms in total. The van der Waals surface area contributed by atoms with Gasteiger partial charge in [-0.25, -0.2) is 4.98 Å². The minimum absolute atomic E-state index is 0.218. The molecule has 0 bridgehead atoms. The number of aromatic nitrogens is 1. The van der Waals surface area contributed by atoms with Crippen LogP contribution in [-0.4, -0.2) is 34.0 Å². The Morgan fingerprint density at radius 1 is 1.53 bits per heavy atom. The van der Waals surface area contributed by atoms with Gasteiger partial charge in [0.25, 0.3) is 0 Å². The zero-order valence-electron chi connectivity index (χ0n) is 10.4. The number of rotatable bonds is 3. The normalized spacial score (nSPS) is 25.4. The molecule has 0 spiro atoms. The molecule has 0 aromatic carbocycles. The summed E-state index contributed by atoms with van der Waals surface area (Å²) in [5, 5.41) is 10.2. The highest BCUT2D eigenvalue weighted by molar-refractivity contribution is 7.11. The zero-order chi connectivity index (χ0) is 12.6. The highest BCUT2D eigenvalue weighted by Crippen LogP contribution is 2.27. The van der Waals surface area contributed by atoms with Crippen molar-refractivity contribution in [1.82, 2.24) is 9.88 Å². The first-order valence-electron chi connectivity index (χ1n) is 5.85. The fraction of sp³-hybridized carbons (Fsp3) is 0.667. The Morgan fingerprint density at radius 3 is 2.71 bits per heavy atom. The second kappa shape index (κ2) is 4.74. The molecular weight excluding hydrogens is 236 g/mol. The van der Waals surface area contributed by atoms with E-state index in [0.717, 1.165) is 23.8 Å². The lowest BCUT2D eigenvalue weighted by Crippen LogP contribution is -2.23. The SMILES string of the molecule is Cc1nc(C)c(CN2C[C@@H](C)[C@H](C(=O)O)C2)s1. The number of likely N-dealkylation sites (tertiary alicyclic amines) is 1. The molecule has 5 heteroatoms. The summed E-state index contributed by atoms with van der Waals surface area (Å²) < 4.78 is 0. The first-order valence-corrected chi connectivity index (χ1v) is 6.67. The van der Waals surface area contributed by atoms with Crippen LogP contribution in [0.15, 0.2) is 0 Å². The fourth-order valence-corrected chi connectivity index (χ4v) is 3.42. The number of carboxylic acid groups (broad SMARTS) is 1. The summed E-state index contributed by atoms with van der Waals surface area (Å²) in [6.07, 6.45) is 0. The molecule has 1 fully saturated rings. The molecule has 2 rings (SSSR count). The first-order chi connectivity index (χ1) is 7.97. The van der Waals surface area contributed by atoms with Crippen LogP contribution in [0.3, 0.4) is 0 Å². The molecule has 1 saturated heterocycles. The van der Waals surface area contributed by atoms with Gasteiger partial charge in [0.1, 0.15) is 0 Å². The van der Waals surface area contributed by atoms with Crippen LogP contribution in [0.5, 0.6) is 0 Å². The van der Waals surface area contributed by atoms with Crippen LogP contribution in [0.4, 0.5) is 0 Å². The van der Waals surface area contributed by atoms with Crippen molar-refractivity contribution in [2.75, 3.05) is 13.1 Å². The molecule has 2 atom stereocenters. The van der Waals surface area contributed by atoms with E-state index in [4.69, 9.17) is 5.11 Å². The van der Waals surface area contributed by atoms with Crippen molar-refractivity contribution in [3.8, 4) is 0 Å². The summed E-state index contributed by atoms with van der Waals surface area (Å²) in [5.74, 6) is -0.650. The smallest absolute Gasteiger partial charge is 0.308 e. The third-order valence-corrected chi connectivity index (χ3v) is 4.43. The molecule has 0 saturated carbocycles. The maximum Gasteiger partial charge on any atom is 0.308 e. The lowest BCUT2D eigenvalue weighted by molar-refractivity contribution is -0.142.